The van der Waals surface area contributed by atoms with E-state index in [0.29, 0.717) is 24.1 Å². The molecule has 0 aromatic heterocycles. The molecule has 0 heterocycles. The molecule has 0 aromatic carbocycles. The summed E-state index contributed by atoms with van der Waals surface area (Å²) in [4.78, 5) is 25.2. The Labute approximate surface area is 400 Å². The van der Waals surface area contributed by atoms with Crippen LogP contribution in [0.4, 0.5) is 0 Å². The standard InChI is InChI=1S/C56H98NO7P/c1-6-8-10-12-14-16-18-20-22-24-26-27-28-29-30-32-34-36-38-40-42-44-46-48-51-61-53-55(54-63-65(59,60)62-52-50-57(3,4)5)64-56(58)49-47-45-43-41-39-37-35-33-31-25-23-21-19-17-15-13-11-9-7-2/h9,11,15,17-18,20-21,23-24,26,28-29,31,33,37,39,55H,6-8,10,12-14,16,19,22,25,27,30,32,34-36,38,40-54H2,1-5H3/b11-9-,17-15-,20-18-,23-21-,26-24-,29-28-,33-31-,39-37-. The fraction of sp³-hybridized carbons (Fsp3) is 0.696. The van der Waals surface area contributed by atoms with E-state index >= 15 is 0 Å². The molecule has 0 aliphatic carbocycles. The first-order valence-electron chi connectivity index (χ1n) is 26.0. The van der Waals surface area contributed by atoms with E-state index in [4.69, 9.17) is 18.5 Å². The minimum absolute atomic E-state index is 0.0126. The summed E-state index contributed by atoms with van der Waals surface area (Å²) in [5.41, 5.74) is 0. The van der Waals surface area contributed by atoms with Gasteiger partial charge < -0.3 is 27.9 Å². The molecule has 8 nitrogen and oxygen atoms in total. The molecule has 0 amide bonds. The quantitative estimate of drug-likeness (QED) is 0.0197. The monoisotopic (exact) mass is 928 g/mol. The van der Waals surface area contributed by atoms with Gasteiger partial charge in [-0.1, -0.05) is 188 Å². The highest BCUT2D eigenvalue weighted by Gasteiger charge is 2.20. The molecule has 0 fully saturated rings. The molecule has 0 aliphatic rings. The third kappa shape index (κ3) is 52.3. The van der Waals surface area contributed by atoms with Gasteiger partial charge in [-0.25, -0.2) is 0 Å². The summed E-state index contributed by atoms with van der Waals surface area (Å²) in [7, 11) is 1.32. The number of nitrogens with zero attached hydrogens (tertiary/aromatic N) is 1. The summed E-state index contributed by atoms with van der Waals surface area (Å²) < 4.78 is 34.7. The second-order valence-corrected chi connectivity index (χ2v) is 19.6. The Morgan fingerprint density at radius 3 is 1.34 bits per heavy atom. The van der Waals surface area contributed by atoms with Gasteiger partial charge in [-0.15, -0.1) is 0 Å². The Hall–Kier alpha value is -2.58. The highest BCUT2D eigenvalue weighted by atomic mass is 31.2. The molecule has 65 heavy (non-hydrogen) atoms. The van der Waals surface area contributed by atoms with Crippen LogP contribution >= 0.6 is 7.82 Å². The van der Waals surface area contributed by atoms with Crippen LogP contribution in [0.1, 0.15) is 194 Å². The molecule has 0 bridgehead atoms. The van der Waals surface area contributed by atoms with Crippen molar-refractivity contribution in [3.05, 3.63) is 97.2 Å². The number of likely N-dealkylation sites (N-methyl/N-ethyl adjacent to an activating group) is 1. The molecule has 0 spiro atoms. The number of phosphoric acid groups is 1. The van der Waals surface area contributed by atoms with Gasteiger partial charge >= 0.3 is 5.97 Å². The van der Waals surface area contributed by atoms with Crippen LogP contribution in [0.15, 0.2) is 97.2 Å². The average Bonchev–Trinajstić information content (AvgIpc) is 3.27. The number of allylic oxidation sites excluding steroid dienone is 16. The minimum atomic E-state index is -4.55. The van der Waals surface area contributed by atoms with Crippen molar-refractivity contribution in [2.45, 2.75) is 200 Å². The summed E-state index contributed by atoms with van der Waals surface area (Å²) >= 11 is 0. The summed E-state index contributed by atoms with van der Waals surface area (Å²) in [6, 6.07) is 0. The molecular formula is C56H98NO7P. The number of carbonyl (C=O) groups is 1. The third-order valence-electron chi connectivity index (χ3n) is 10.6. The van der Waals surface area contributed by atoms with Gasteiger partial charge in [-0.05, 0) is 96.3 Å². The zero-order valence-electron chi connectivity index (χ0n) is 42.4. The number of carbonyl (C=O) groups excluding carboxylic acids is 1. The Balaban J connectivity index is 4.23. The van der Waals surface area contributed by atoms with Gasteiger partial charge in [0.2, 0.25) is 0 Å². The van der Waals surface area contributed by atoms with Crippen LogP contribution in [0.2, 0.25) is 0 Å². The normalized spacial score (nSPS) is 14.4. The number of phosphoric ester groups is 1. The molecule has 0 saturated heterocycles. The number of esters is 1. The zero-order valence-corrected chi connectivity index (χ0v) is 43.3. The number of quaternary nitrogens is 1. The van der Waals surface area contributed by atoms with Crippen molar-refractivity contribution >= 4 is 13.8 Å². The SMILES string of the molecule is CC/C=C\C/C=C\C/C=C\C/C=C\C/C=C\CCCCCC(=O)OC(COCCCCCCCCCCC/C=C\C/C=C\C/C=C\CCCCCCC)COP(=O)([O-])OCC[N+](C)(C)C. The third-order valence-corrected chi connectivity index (χ3v) is 11.6. The van der Waals surface area contributed by atoms with Gasteiger partial charge in [-0.2, -0.15) is 0 Å². The van der Waals surface area contributed by atoms with E-state index < -0.39 is 13.9 Å². The largest absolute Gasteiger partial charge is 0.756 e. The van der Waals surface area contributed by atoms with Gasteiger partial charge in [-0.3, -0.25) is 9.36 Å². The molecule has 0 aliphatic heterocycles. The lowest BCUT2D eigenvalue weighted by Crippen LogP contribution is -2.37. The first-order chi connectivity index (χ1) is 31.6. The van der Waals surface area contributed by atoms with Crippen molar-refractivity contribution in [2.24, 2.45) is 0 Å². The molecule has 0 saturated carbocycles. The Morgan fingerprint density at radius 1 is 0.492 bits per heavy atom. The van der Waals surface area contributed by atoms with Gasteiger partial charge in [0.25, 0.3) is 7.82 Å². The van der Waals surface area contributed by atoms with Crippen LogP contribution in [-0.2, 0) is 27.9 Å². The summed E-state index contributed by atoms with van der Waals surface area (Å²) in [6.07, 6.45) is 65.8. The lowest BCUT2D eigenvalue weighted by molar-refractivity contribution is -0.870. The molecule has 0 aromatic rings. The Kier molecular flexibility index (Phi) is 46.0. The van der Waals surface area contributed by atoms with Crippen molar-refractivity contribution in [2.75, 3.05) is 54.1 Å². The number of hydrogen-bond donors (Lipinski definition) is 0. The Morgan fingerprint density at radius 2 is 0.892 bits per heavy atom. The van der Waals surface area contributed by atoms with Crippen molar-refractivity contribution in [3.8, 4) is 0 Å². The lowest BCUT2D eigenvalue weighted by atomic mass is 10.1. The van der Waals surface area contributed by atoms with E-state index in [9.17, 15) is 14.3 Å². The number of unbranched alkanes of at least 4 members (excludes halogenated alkanes) is 17. The number of rotatable bonds is 47. The van der Waals surface area contributed by atoms with E-state index in [-0.39, 0.29) is 32.2 Å². The van der Waals surface area contributed by atoms with E-state index in [1.807, 2.05) is 21.1 Å². The molecule has 374 valence electrons. The Bertz CT molecular complexity index is 1360. The minimum Gasteiger partial charge on any atom is -0.756 e. The van der Waals surface area contributed by atoms with Gasteiger partial charge in [0, 0.05) is 13.0 Å². The average molecular weight is 928 g/mol. The maximum atomic E-state index is 12.7. The second kappa shape index (κ2) is 47.9. The van der Waals surface area contributed by atoms with Crippen molar-refractivity contribution in [1.29, 1.82) is 0 Å². The van der Waals surface area contributed by atoms with E-state index in [1.165, 1.54) is 89.9 Å². The van der Waals surface area contributed by atoms with Crippen LogP contribution in [-0.4, -0.2) is 70.7 Å². The van der Waals surface area contributed by atoms with Crippen molar-refractivity contribution < 1.29 is 37.3 Å². The lowest BCUT2D eigenvalue weighted by Gasteiger charge is -2.28. The summed E-state index contributed by atoms with van der Waals surface area (Å²) in [5, 5.41) is 0. The predicted octanol–water partition coefficient (Wildman–Crippen LogP) is 15.5. The molecule has 0 radical (unpaired) electrons. The molecular weight excluding hydrogens is 830 g/mol. The fourth-order valence-electron chi connectivity index (χ4n) is 6.64. The highest BCUT2D eigenvalue weighted by molar-refractivity contribution is 7.45. The van der Waals surface area contributed by atoms with Gasteiger partial charge in [0.15, 0.2) is 0 Å². The first-order valence-corrected chi connectivity index (χ1v) is 27.4. The number of hydrogen-bond acceptors (Lipinski definition) is 7. The highest BCUT2D eigenvalue weighted by Crippen LogP contribution is 2.38. The van der Waals surface area contributed by atoms with E-state index in [1.54, 1.807) is 0 Å². The van der Waals surface area contributed by atoms with Crippen LogP contribution in [0.5, 0.6) is 0 Å². The van der Waals surface area contributed by atoms with Crippen molar-refractivity contribution in [1.82, 2.24) is 0 Å². The van der Waals surface area contributed by atoms with Gasteiger partial charge in [0.1, 0.15) is 19.3 Å². The van der Waals surface area contributed by atoms with E-state index in [0.717, 1.165) is 77.0 Å². The smallest absolute Gasteiger partial charge is 0.306 e. The second-order valence-electron chi connectivity index (χ2n) is 18.1. The zero-order chi connectivity index (χ0) is 47.6. The van der Waals surface area contributed by atoms with Crippen LogP contribution in [0, 0.1) is 0 Å². The number of ether oxygens (including phenoxy) is 2. The topological polar surface area (TPSA) is 94.1 Å². The molecule has 0 N–H and O–H groups in total. The maximum absolute atomic E-state index is 12.7. The van der Waals surface area contributed by atoms with Crippen molar-refractivity contribution in [3.63, 3.8) is 0 Å². The molecule has 0 rings (SSSR count). The molecule has 9 heteroatoms. The predicted molar refractivity (Wildman–Crippen MR) is 277 cm³/mol. The van der Waals surface area contributed by atoms with Crippen LogP contribution < -0.4 is 4.89 Å². The summed E-state index contributed by atoms with van der Waals surface area (Å²) in [5.74, 6) is -0.370. The van der Waals surface area contributed by atoms with Crippen LogP contribution in [0.25, 0.3) is 0 Å². The fourth-order valence-corrected chi connectivity index (χ4v) is 7.37. The first kappa shape index (κ1) is 62.4. The maximum Gasteiger partial charge on any atom is 0.306 e. The van der Waals surface area contributed by atoms with E-state index in [2.05, 4.69) is 111 Å². The summed E-state index contributed by atoms with van der Waals surface area (Å²) in [6.45, 7) is 5.21. The van der Waals surface area contributed by atoms with Crippen LogP contribution in [0.3, 0.4) is 0 Å². The molecule has 2 unspecified atom stereocenters. The molecule has 2 atom stereocenters. The van der Waals surface area contributed by atoms with Gasteiger partial charge in [0.05, 0.1) is 34.4 Å².